The molecule has 120 valence electrons. The van der Waals surface area contributed by atoms with Gasteiger partial charge >= 0.3 is 0 Å². The average Bonchev–Trinajstić information content (AvgIpc) is 3.15. The van der Waals surface area contributed by atoms with Crippen molar-refractivity contribution in [1.82, 2.24) is 19.6 Å². The van der Waals surface area contributed by atoms with Crippen LogP contribution in [0, 0.1) is 5.92 Å². The summed E-state index contributed by atoms with van der Waals surface area (Å²) in [6.07, 6.45) is 4.94. The molecule has 1 atom stereocenters. The first-order valence-corrected chi connectivity index (χ1v) is 7.87. The quantitative estimate of drug-likeness (QED) is 0.588. The maximum absolute atomic E-state index is 11.8. The molecule has 0 saturated heterocycles. The Bertz CT molecular complexity index is 584. The molecule has 1 saturated carbocycles. The van der Waals surface area contributed by atoms with Crippen molar-refractivity contribution in [2.75, 3.05) is 13.1 Å². The minimum atomic E-state index is -3.75. The SMILES string of the molecule is Cl.Cn1cnc(S(=O)(=O)NCC(=O)NCC(N)C2CC2)c1. The van der Waals surface area contributed by atoms with Gasteiger partial charge in [-0.05, 0) is 18.8 Å². The topological polar surface area (TPSA) is 119 Å². The molecule has 1 unspecified atom stereocenters. The summed E-state index contributed by atoms with van der Waals surface area (Å²) in [5, 5.41) is 2.51. The van der Waals surface area contributed by atoms with Crippen LogP contribution in [0.5, 0.6) is 0 Å². The van der Waals surface area contributed by atoms with Crippen molar-refractivity contribution < 1.29 is 13.2 Å². The number of nitrogens with one attached hydrogen (secondary N) is 2. The van der Waals surface area contributed by atoms with E-state index in [1.165, 1.54) is 17.1 Å². The van der Waals surface area contributed by atoms with Crippen molar-refractivity contribution in [3.63, 3.8) is 0 Å². The molecule has 1 heterocycles. The summed E-state index contributed by atoms with van der Waals surface area (Å²) in [6, 6.07) is -0.0497. The number of hydrogen-bond acceptors (Lipinski definition) is 5. The summed E-state index contributed by atoms with van der Waals surface area (Å²) < 4.78 is 27.3. The van der Waals surface area contributed by atoms with Crippen molar-refractivity contribution in [3.05, 3.63) is 12.5 Å². The Balaban J connectivity index is 0.00000220. The summed E-state index contributed by atoms with van der Waals surface area (Å²) in [6.45, 7) is 0.0467. The first-order chi connectivity index (χ1) is 9.38. The summed E-state index contributed by atoms with van der Waals surface area (Å²) in [5.74, 6) is 0.0844. The van der Waals surface area contributed by atoms with Crippen molar-refractivity contribution >= 4 is 28.3 Å². The van der Waals surface area contributed by atoms with Crippen LogP contribution in [-0.2, 0) is 21.9 Å². The number of amides is 1. The van der Waals surface area contributed by atoms with E-state index >= 15 is 0 Å². The van der Waals surface area contributed by atoms with Crippen LogP contribution >= 0.6 is 12.4 Å². The largest absolute Gasteiger partial charge is 0.353 e. The first-order valence-electron chi connectivity index (χ1n) is 6.38. The van der Waals surface area contributed by atoms with Crippen molar-refractivity contribution in [2.24, 2.45) is 18.7 Å². The van der Waals surface area contributed by atoms with Crippen LogP contribution in [0.2, 0.25) is 0 Å². The van der Waals surface area contributed by atoms with E-state index in [9.17, 15) is 13.2 Å². The predicted octanol–water partition coefficient (Wildman–Crippen LogP) is -1.03. The summed E-state index contributed by atoms with van der Waals surface area (Å²) in [5.41, 5.74) is 5.84. The molecule has 4 N–H and O–H groups in total. The highest BCUT2D eigenvalue weighted by Crippen LogP contribution is 2.31. The van der Waals surface area contributed by atoms with Crippen molar-refractivity contribution in [2.45, 2.75) is 23.9 Å². The lowest BCUT2D eigenvalue weighted by molar-refractivity contribution is -0.120. The summed E-state index contributed by atoms with van der Waals surface area (Å²) >= 11 is 0. The maximum atomic E-state index is 11.8. The Hall–Kier alpha value is -1.16. The second-order valence-corrected chi connectivity index (χ2v) is 6.72. The van der Waals surface area contributed by atoms with E-state index in [0.717, 1.165) is 12.8 Å². The van der Waals surface area contributed by atoms with Crippen LogP contribution < -0.4 is 15.8 Å². The van der Waals surface area contributed by atoms with Gasteiger partial charge < -0.3 is 15.6 Å². The Kier molecular flexibility index (Phi) is 6.14. The third-order valence-corrected chi connectivity index (χ3v) is 4.43. The lowest BCUT2D eigenvalue weighted by Gasteiger charge is -2.11. The number of imidazole rings is 1. The fourth-order valence-corrected chi connectivity index (χ4v) is 2.71. The number of aryl methyl sites for hydroxylation is 1. The van der Waals surface area contributed by atoms with Gasteiger partial charge in [0.05, 0.1) is 12.9 Å². The molecule has 1 aliphatic rings. The first kappa shape index (κ1) is 17.9. The molecule has 8 nitrogen and oxygen atoms in total. The smallest absolute Gasteiger partial charge is 0.260 e. The molecule has 1 aliphatic carbocycles. The van der Waals surface area contributed by atoms with Crippen LogP contribution in [0.4, 0.5) is 0 Å². The highest BCUT2D eigenvalue weighted by molar-refractivity contribution is 7.89. The van der Waals surface area contributed by atoms with E-state index in [-0.39, 0.29) is 30.0 Å². The zero-order valence-corrected chi connectivity index (χ0v) is 13.3. The van der Waals surface area contributed by atoms with E-state index in [2.05, 4.69) is 15.0 Å². The van der Waals surface area contributed by atoms with E-state index < -0.39 is 15.9 Å². The molecular formula is C11H20ClN5O3S. The van der Waals surface area contributed by atoms with E-state index in [1.54, 1.807) is 7.05 Å². The van der Waals surface area contributed by atoms with Gasteiger partial charge in [-0.2, -0.15) is 0 Å². The van der Waals surface area contributed by atoms with Crippen LogP contribution in [-0.4, -0.2) is 43.0 Å². The second kappa shape index (κ2) is 7.21. The van der Waals surface area contributed by atoms with E-state index in [0.29, 0.717) is 12.5 Å². The lowest BCUT2D eigenvalue weighted by Crippen LogP contribution is -2.43. The third-order valence-electron chi connectivity index (χ3n) is 3.14. The molecule has 0 bridgehead atoms. The third kappa shape index (κ3) is 5.27. The summed E-state index contributed by atoms with van der Waals surface area (Å²) in [7, 11) is -2.09. The second-order valence-electron chi connectivity index (χ2n) is 5.01. The lowest BCUT2D eigenvalue weighted by atomic mass is 10.2. The van der Waals surface area contributed by atoms with Gasteiger partial charge in [0.2, 0.25) is 5.91 Å². The zero-order valence-electron chi connectivity index (χ0n) is 11.7. The monoisotopic (exact) mass is 337 g/mol. The van der Waals surface area contributed by atoms with Gasteiger partial charge in [0.15, 0.2) is 5.03 Å². The molecule has 2 rings (SSSR count). The maximum Gasteiger partial charge on any atom is 0.260 e. The number of carbonyl (C=O) groups is 1. The minimum absolute atomic E-state index is 0. The zero-order chi connectivity index (χ0) is 14.8. The molecule has 0 aliphatic heterocycles. The Labute approximate surface area is 129 Å². The van der Waals surface area contributed by atoms with Crippen LogP contribution in [0.15, 0.2) is 17.6 Å². The van der Waals surface area contributed by atoms with Gasteiger partial charge in [0, 0.05) is 25.8 Å². The van der Waals surface area contributed by atoms with Crippen LogP contribution in [0.25, 0.3) is 0 Å². The molecule has 1 aromatic rings. The minimum Gasteiger partial charge on any atom is -0.353 e. The van der Waals surface area contributed by atoms with Gasteiger partial charge in [-0.1, -0.05) is 0 Å². The van der Waals surface area contributed by atoms with Gasteiger partial charge in [0.1, 0.15) is 0 Å². The molecule has 1 fully saturated rings. The Morgan fingerprint density at radius 2 is 2.24 bits per heavy atom. The van der Waals surface area contributed by atoms with Crippen molar-refractivity contribution in [1.29, 1.82) is 0 Å². The fraction of sp³-hybridized carbons (Fsp3) is 0.636. The highest BCUT2D eigenvalue weighted by atomic mass is 35.5. The average molecular weight is 338 g/mol. The van der Waals surface area contributed by atoms with Crippen molar-refractivity contribution in [3.8, 4) is 0 Å². The Morgan fingerprint density at radius 1 is 1.57 bits per heavy atom. The number of nitrogens with two attached hydrogens (primary N) is 1. The number of nitrogens with zero attached hydrogens (tertiary/aromatic N) is 2. The van der Waals surface area contributed by atoms with Gasteiger partial charge in [-0.15, -0.1) is 12.4 Å². The number of aromatic nitrogens is 2. The molecule has 10 heteroatoms. The molecule has 1 amide bonds. The standard InChI is InChI=1S/C11H19N5O3S.ClH/c1-16-6-11(14-7-16)20(18,19)15-5-10(17)13-4-9(12)8-2-3-8;/h6-9,15H,2-5,12H2,1H3,(H,13,17);1H. The van der Waals surface area contributed by atoms with E-state index in [1.807, 2.05) is 0 Å². The van der Waals surface area contributed by atoms with Gasteiger partial charge in [-0.25, -0.2) is 18.1 Å². The molecule has 1 aromatic heterocycles. The molecule has 0 aromatic carbocycles. The summed E-state index contributed by atoms with van der Waals surface area (Å²) in [4.78, 5) is 15.3. The molecule has 21 heavy (non-hydrogen) atoms. The van der Waals surface area contributed by atoms with Gasteiger partial charge in [0.25, 0.3) is 10.0 Å². The number of halogens is 1. The molecular weight excluding hydrogens is 318 g/mol. The highest BCUT2D eigenvalue weighted by Gasteiger charge is 2.28. The number of rotatable bonds is 7. The van der Waals surface area contributed by atoms with E-state index in [4.69, 9.17) is 5.73 Å². The number of carbonyl (C=O) groups excluding carboxylic acids is 1. The van der Waals surface area contributed by atoms with Crippen LogP contribution in [0.3, 0.4) is 0 Å². The van der Waals surface area contributed by atoms with Gasteiger partial charge in [-0.3, -0.25) is 4.79 Å². The normalized spacial score (nSPS) is 16.1. The number of sulfonamides is 1. The molecule has 0 spiro atoms. The number of hydrogen-bond donors (Lipinski definition) is 3. The fourth-order valence-electron chi connectivity index (χ4n) is 1.75. The predicted molar refractivity (Wildman–Crippen MR) is 79.4 cm³/mol. The molecule has 0 radical (unpaired) electrons. The van der Waals surface area contributed by atoms with Crippen LogP contribution in [0.1, 0.15) is 12.8 Å². The Morgan fingerprint density at radius 3 is 2.76 bits per heavy atom.